The molecule has 142 valence electrons. The molecule has 1 aromatic heterocycles. The van der Waals surface area contributed by atoms with E-state index in [0.717, 1.165) is 12.1 Å². The van der Waals surface area contributed by atoms with Crippen LogP contribution in [-0.2, 0) is 17.5 Å². The number of nitrogens with zero attached hydrogens (tertiary/aromatic N) is 1. The summed E-state index contributed by atoms with van der Waals surface area (Å²) < 4.78 is 44.2. The van der Waals surface area contributed by atoms with Crippen LogP contribution in [0.15, 0.2) is 40.8 Å². The van der Waals surface area contributed by atoms with Crippen molar-refractivity contribution >= 4 is 28.7 Å². The second-order valence-electron chi connectivity index (χ2n) is 5.83. The van der Waals surface area contributed by atoms with Crippen LogP contribution in [0.1, 0.15) is 17.5 Å². The SMILES string of the molecule is O=C(O)CCNCc1cc2oc(-c3cccc(C(F)(F)F)c3)nc2cc1Cl. The van der Waals surface area contributed by atoms with Gasteiger partial charge in [-0.25, -0.2) is 4.98 Å². The van der Waals surface area contributed by atoms with Crippen molar-refractivity contribution in [1.82, 2.24) is 10.3 Å². The first-order valence-electron chi connectivity index (χ1n) is 7.93. The molecule has 0 fully saturated rings. The molecule has 2 N–H and O–H groups in total. The van der Waals surface area contributed by atoms with E-state index >= 15 is 0 Å². The van der Waals surface area contributed by atoms with Crippen LogP contribution < -0.4 is 5.32 Å². The average molecular weight is 399 g/mol. The first-order chi connectivity index (χ1) is 12.7. The van der Waals surface area contributed by atoms with Gasteiger partial charge in [-0.1, -0.05) is 17.7 Å². The standard InChI is InChI=1S/C18H14ClF3N2O3/c19-13-8-14-15(7-11(13)9-23-5-4-16(25)26)27-17(24-14)10-2-1-3-12(6-10)18(20,21)22/h1-3,6-8,23H,4-5,9H2,(H,25,26). The van der Waals surface area contributed by atoms with Gasteiger partial charge in [-0.05, 0) is 35.9 Å². The number of nitrogens with one attached hydrogen (secondary N) is 1. The molecule has 0 atom stereocenters. The van der Waals surface area contributed by atoms with Crippen LogP contribution in [0.25, 0.3) is 22.6 Å². The number of carbonyl (C=O) groups is 1. The molecular formula is C18H14ClF3N2O3. The smallest absolute Gasteiger partial charge is 0.416 e. The van der Waals surface area contributed by atoms with E-state index < -0.39 is 17.7 Å². The van der Waals surface area contributed by atoms with Gasteiger partial charge in [-0.2, -0.15) is 13.2 Å². The zero-order chi connectivity index (χ0) is 19.6. The summed E-state index contributed by atoms with van der Waals surface area (Å²) in [6.45, 7) is 0.594. The van der Waals surface area contributed by atoms with Crippen molar-refractivity contribution < 1.29 is 27.5 Å². The largest absolute Gasteiger partial charge is 0.481 e. The van der Waals surface area contributed by atoms with Crippen LogP contribution in [0.5, 0.6) is 0 Å². The number of oxazole rings is 1. The van der Waals surface area contributed by atoms with Crippen molar-refractivity contribution in [2.45, 2.75) is 19.1 Å². The van der Waals surface area contributed by atoms with Crippen LogP contribution >= 0.6 is 11.6 Å². The van der Waals surface area contributed by atoms with Crippen LogP contribution in [-0.4, -0.2) is 22.6 Å². The number of carboxylic acids is 1. The second-order valence-corrected chi connectivity index (χ2v) is 6.24. The molecule has 0 aliphatic carbocycles. The molecule has 5 nitrogen and oxygen atoms in total. The van der Waals surface area contributed by atoms with Crippen molar-refractivity contribution in [1.29, 1.82) is 0 Å². The monoisotopic (exact) mass is 398 g/mol. The van der Waals surface area contributed by atoms with Crippen LogP contribution in [0.3, 0.4) is 0 Å². The van der Waals surface area contributed by atoms with Gasteiger partial charge < -0.3 is 14.8 Å². The summed E-state index contributed by atoms with van der Waals surface area (Å²) in [4.78, 5) is 14.7. The lowest BCUT2D eigenvalue weighted by atomic mass is 10.1. The predicted molar refractivity (Wildman–Crippen MR) is 93.4 cm³/mol. The normalized spacial score (nSPS) is 11.9. The summed E-state index contributed by atoms with van der Waals surface area (Å²) in [6.07, 6.45) is -4.48. The Kier molecular flexibility index (Phi) is 5.38. The molecule has 0 saturated heterocycles. The van der Waals surface area contributed by atoms with Crippen LogP contribution in [0.4, 0.5) is 13.2 Å². The molecule has 0 radical (unpaired) electrons. The molecule has 0 spiro atoms. The molecule has 0 aliphatic rings. The number of hydrogen-bond donors (Lipinski definition) is 2. The Hall–Kier alpha value is -2.58. The van der Waals surface area contributed by atoms with Gasteiger partial charge in [0, 0.05) is 23.7 Å². The Morgan fingerprint density at radius 3 is 2.74 bits per heavy atom. The zero-order valence-electron chi connectivity index (χ0n) is 13.8. The Labute approximate surface area is 156 Å². The third-order valence-electron chi connectivity index (χ3n) is 3.82. The summed E-state index contributed by atoms with van der Waals surface area (Å²) in [5.41, 5.74) is 0.881. The van der Waals surface area contributed by atoms with E-state index in [-0.39, 0.29) is 24.4 Å². The zero-order valence-corrected chi connectivity index (χ0v) is 14.6. The van der Waals surface area contributed by atoms with E-state index in [1.165, 1.54) is 12.1 Å². The van der Waals surface area contributed by atoms with Crippen molar-refractivity contribution in [2.24, 2.45) is 0 Å². The number of carboxylic acid groups (broad SMARTS) is 1. The molecule has 27 heavy (non-hydrogen) atoms. The second kappa shape index (κ2) is 7.58. The minimum Gasteiger partial charge on any atom is -0.481 e. The summed E-state index contributed by atoms with van der Waals surface area (Å²) in [5, 5.41) is 12.0. The molecule has 3 rings (SSSR count). The molecule has 1 heterocycles. The lowest BCUT2D eigenvalue weighted by molar-refractivity contribution is -0.138. The van der Waals surface area contributed by atoms with Crippen molar-refractivity contribution in [3.05, 3.63) is 52.5 Å². The summed E-state index contributed by atoms with van der Waals surface area (Å²) >= 11 is 6.20. The number of fused-ring (bicyclic) bond motifs is 1. The fraction of sp³-hybridized carbons (Fsp3) is 0.222. The van der Waals surface area contributed by atoms with Crippen LogP contribution in [0, 0.1) is 0 Å². The predicted octanol–water partition coefficient (Wildman–Crippen LogP) is 4.73. The van der Waals surface area contributed by atoms with Gasteiger partial charge in [-0.3, -0.25) is 4.79 Å². The highest BCUT2D eigenvalue weighted by atomic mass is 35.5. The molecular weight excluding hydrogens is 385 g/mol. The molecule has 0 aliphatic heterocycles. The molecule has 0 saturated carbocycles. The number of rotatable bonds is 6. The maximum absolute atomic E-state index is 12.9. The fourth-order valence-electron chi connectivity index (χ4n) is 2.50. The van der Waals surface area contributed by atoms with E-state index in [2.05, 4.69) is 10.3 Å². The van der Waals surface area contributed by atoms with Gasteiger partial charge in [0.2, 0.25) is 5.89 Å². The highest BCUT2D eigenvalue weighted by Gasteiger charge is 2.30. The molecule has 0 unspecified atom stereocenters. The minimum absolute atomic E-state index is 0.0259. The van der Waals surface area contributed by atoms with Gasteiger partial charge in [0.15, 0.2) is 5.58 Å². The van der Waals surface area contributed by atoms with Gasteiger partial charge in [0.1, 0.15) is 5.52 Å². The Morgan fingerprint density at radius 2 is 2.04 bits per heavy atom. The van der Waals surface area contributed by atoms with E-state index in [4.69, 9.17) is 21.1 Å². The van der Waals surface area contributed by atoms with Crippen molar-refractivity contribution in [3.63, 3.8) is 0 Å². The van der Waals surface area contributed by atoms with E-state index in [1.807, 2.05) is 0 Å². The molecule has 9 heteroatoms. The maximum atomic E-state index is 12.9. The topological polar surface area (TPSA) is 75.4 Å². The fourth-order valence-corrected chi connectivity index (χ4v) is 2.72. The van der Waals surface area contributed by atoms with Crippen LogP contribution in [0.2, 0.25) is 5.02 Å². The number of aliphatic carboxylic acids is 1. The summed E-state index contributed by atoms with van der Waals surface area (Å²) in [7, 11) is 0. The average Bonchev–Trinajstić information content (AvgIpc) is 3.00. The molecule has 0 bridgehead atoms. The van der Waals surface area contributed by atoms with Crippen molar-refractivity contribution in [3.8, 4) is 11.5 Å². The van der Waals surface area contributed by atoms with E-state index in [1.54, 1.807) is 12.1 Å². The minimum atomic E-state index is -4.46. The Morgan fingerprint density at radius 1 is 1.26 bits per heavy atom. The molecule has 0 amide bonds. The van der Waals surface area contributed by atoms with Gasteiger partial charge in [-0.15, -0.1) is 0 Å². The third-order valence-corrected chi connectivity index (χ3v) is 4.18. The first-order valence-corrected chi connectivity index (χ1v) is 8.31. The summed E-state index contributed by atoms with van der Waals surface area (Å²) in [5.74, 6) is -0.854. The Bertz CT molecular complexity index is 986. The number of benzene rings is 2. The third kappa shape index (κ3) is 4.58. The lowest BCUT2D eigenvalue weighted by Crippen LogP contribution is -2.17. The first kappa shape index (κ1) is 19.2. The highest BCUT2D eigenvalue weighted by Crippen LogP contribution is 2.33. The quantitative estimate of drug-likeness (QED) is 0.587. The van der Waals surface area contributed by atoms with Gasteiger partial charge in [0.05, 0.1) is 12.0 Å². The van der Waals surface area contributed by atoms with Gasteiger partial charge in [0.25, 0.3) is 0 Å². The van der Waals surface area contributed by atoms with E-state index in [0.29, 0.717) is 28.2 Å². The van der Waals surface area contributed by atoms with Crippen molar-refractivity contribution in [2.75, 3.05) is 6.54 Å². The number of hydrogen-bond acceptors (Lipinski definition) is 4. The van der Waals surface area contributed by atoms with E-state index in [9.17, 15) is 18.0 Å². The highest BCUT2D eigenvalue weighted by molar-refractivity contribution is 6.32. The Balaban J connectivity index is 1.86. The number of alkyl halides is 3. The summed E-state index contributed by atoms with van der Waals surface area (Å²) in [6, 6.07) is 7.92. The number of halogens is 4. The lowest BCUT2D eigenvalue weighted by Gasteiger charge is -2.06. The molecule has 3 aromatic rings. The number of aromatic nitrogens is 1. The maximum Gasteiger partial charge on any atom is 0.416 e. The molecule has 2 aromatic carbocycles. The van der Waals surface area contributed by atoms with Gasteiger partial charge >= 0.3 is 12.1 Å².